The number of nitrogens with zero attached hydrogens (tertiary/aromatic N) is 5. The summed E-state index contributed by atoms with van der Waals surface area (Å²) in [5.41, 5.74) is 1.95. The smallest absolute Gasteiger partial charge is 0.204 e. The molecule has 22 heavy (non-hydrogen) atoms. The van der Waals surface area contributed by atoms with E-state index in [1.54, 1.807) is 16.1 Å². The second-order valence-electron chi connectivity index (χ2n) is 4.73. The van der Waals surface area contributed by atoms with E-state index in [2.05, 4.69) is 42.4 Å². The second kappa shape index (κ2) is 5.58. The van der Waals surface area contributed by atoms with Crippen LogP contribution in [0.25, 0.3) is 21.6 Å². The first kappa shape index (κ1) is 13.5. The van der Waals surface area contributed by atoms with Crippen molar-refractivity contribution < 1.29 is 0 Å². The van der Waals surface area contributed by atoms with E-state index < -0.39 is 0 Å². The largest absolute Gasteiger partial charge is 0.239 e. The third kappa shape index (κ3) is 2.65. The predicted octanol–water partition coefficient (Wildman–Crippen LogP) is 3.76. The van der Waals surface area contributed by atoms with E-state index in [0.717, 1.165) is 20.6 Å². The lowest BCUT2D eigenvalue weighted by atomic mass is 10.2. The zero-order chi connectivity index (χ0) is 14.9. The molecule has 4 rings (SSSR count). The van der Waals surface area contributed by atoms with Crippen LogP contribution in [0.15, 0.2) is 53.0 Å². The van der Waals surface area contributed by atoms with Gasteiger partial charge >= 0.3 is 0 Å². The van der Waals surface area contributed by atoms with Gasteiger partial charge in [0.1, 0.15) is 11.6 Å². The van der Waals surface area contributed by atoms with Gasteiger partial charge in [0, 0.05) is 10.0 Å². The maximum absolute atomic E-state index is 4.59. The molecule has 0 atom stereocenters. The molecule has 108 valence electrons. The van der Waals surface area contributed by atoms with Crippen LogP contribution in [-0.2, 0) is 6.54 Å². The molecule has 2 aromatic heterocycles. The van der Waals surface area contributed by atoms with Crippen molar-refractivity contribution in [1.82, 2.24) is 25.2 Å². The average molecular weight is 372 g/mol. The lowest BCUT2D eigenvalue weighted by molar-refractivity contribution is 0.571. The highest BCUT2D eigenvalue weighted by molar-refractivity contribution is 9.10. The Bertz CT molecular complexity index is 895. The van der Waals surface area contributed by atoms with Gasteiger partial charge in [-0.15, -0.1) is 21.5 Å². The highest BCUT2D eigenvalue weighted by Gasteiger charge is 2.09. The highest BCUT2D eigenvalue weighted by atomic mass is 79.9. The second-order valence-corrected chi connectivity index (χ2v) is 6.76. The number of hydrogen-bond donors (Lipinski definition) is 0. The molecule has 0 bridgehead atoms. The quantitative estimate of drug-likeness (QED) is 0.550. The summed E-state index contributed by atoms with van der Waals surface area (Å²) < 4.78 is 2.20. The Labute approximate surface area is 138 Å². The summed E-state index contributed by atoms with van der Waals surface area (Å²) in [4.78, 5) is 6.16. The number of fused-ring (bicyclic) bond motifs is 1. The molecule has 0 saturated heterocycles. The SMILES string of the molecule is Brc1ccc(-c2nnn(Cc3nc4ccccc4s3)n2)cc1. The van der Waals surface area contributed by atoms with E-state index in [0.29, 0.717) is 12.4 Å². The van der Waals surface area contributed by atoms with E-state index in [-0.39, 0.29) is 0 Å². The number of aromatic nitrogens is 5. The fourth-order valence-electron chi connectivity index (χ4n) is 2.13. The maximum Gasteiger partial charge on any atom is 0.204 e. The molecule has 0 fully saturated rings. The molecule has 5 nitrogen and oxygen atoms in total. The minimum Gasteiger partial charge on any atom is -0.239 e. The third-order valence-electron chi connectivity index (χ3n) is 3.17. The zero-order valence-corrected chi connectivity index (χ0v) is 13.8. The van der Waals surface area contributed by atoms with Gasteiger partial charge in [-0.1, -0.05) is 28.1 Å². The van der Waals surface area contributed by atoms with Gasteiger partial charge in [-0.3, -0.25) is 0 Å². The Hall–Kier alpha value is -2.12. The fourth-order valence-corrected chi connectivity index (χ4v) is 3.34. The predicted molar refractivity (Wildman–Crippen MR) is 89.7 cm³/mol. The van der Waals surface area contributed by atoms with Gasteiger partial charge in [0.25, 0.3) is 0 Å². The van der Waals surface area contributed by atoms with Crippen molar-refractivity contribution >= 4 is 37.5 Å². The van der Waals surface area contributed by atoms with E-state index in [1.807, 2.05) is 42.5 Å². The molecule has 0 saturated carbocycles. The summed E-state index contributed by atoms with van der Waals surface area (Å²) in [5.74, 6) is 0.619. The molecule has 0 unspecified atom stereocenters. The Morgan fingerprint density at radius 2 is 1.86 bits per heavy atom. The molecule has 0 radical (unpaired) electrons. The molecular formula is C15H10BrN5S. The van der Waals surface area contributed by atoms with Crippen molar-refractivity contribution in [2.75, 3.05) is 0 Å². The fraction of sp³-hybridized carbons (Fsp3) is 0.0667. The molecule has 7 heteroatoms. The Kier molecular flexibility index (Phi) is 3.44. The number of thiazole rings is 1. The minimum atomic E-state index is 0.531. The van der Waals surface area contributed by atoms with Gasteiger partial charge in [-0.05, 0) is 41.6 Å². The van der Waals surface area contributed by atoms with Crippen LogP contribution in [-0.4, -0.2) is 25.2 Å². The first-order valence-electron chi connectivity index (χ1n) is 6.66. The summed E-state index contributed by atoms with van der Waals surface area (Å²) in [5, 5.41) is 13.6. The van der Waals surface area contributed by atoms with Crippen LogP contribution in [0.4, 0.5) is 0 Å². The number of rotatable bonds is 3. The lowest BCUT2D eigenvalue weighted by Gasteiger charge is -1.95. The van der Waals surface area contributed by atoms with Crippen LogP contribution >= 0.6 is 27.3 Å². The minimum absolute atomic E-state index is 0.531. The first-order chi connectivity index (χ1) is 10.8. The van der Waals surface area contributed by atoms with Crippen LogP contribution in [0.2, 0.25) is 0 Å². The van der Waals surface area contributed by atoms with Crippen LogP contribution in [0.5, 0.6) is 0 Å². The standard InChI is InChI=1S/C15H10BrN5S/c16-11-7-5-10(6-8-11)15-18-20-21(19-15)9-14-17-12-3-1-2-4-13(12)22-14/h1-8H,9H2. The molecule has 0 N–H and O–H groups in total. The summed E-state index contributed by atoms with van der Waals surface area (Å²) in [6, 6.07) is 15.9. The highest BCUT2D eigenvalue weighted by Crippen LogP contribution is 2.22. The van der Waals surface area contributed by atoms with Gasteiger partial charge in [0.15, 0.2) is 0 Å². The van der Waals surface area contributed by atoms with Crippen molar-refractivity contribution in [1.29, 1.82) is 0 Å². The lowest BCUT2D eigenvalue weighted by Crippen LogP contribution is -2.03. The van der Waals surface area contributed by atoms with Crippen molar-refractivity contribution in [2.24, 2.45) is 0 Å². The normalized spacial score (nSPS) is 11.1. The number of benzene rings is 2. The Balaban J connectivity index is 1.60. The van der Waals surface area contributed by atoms with Crippen LogP contribution < -0.4 is 0 Å². The zero-order valence-electron chi connectivity index (χ0n) is 11.3. The van der Waals surface area contributed by atoms with Crippen LogP contribution in [0.3, 0.4) is 0 Å². The third-order valence-corrected chi connectivity index (χ3v) is 4.72. The first-order valence-corrected chi connectivity index (χ1v) is 8.27. The molecule has 0 aliphatic heterocycles. The summed E-state index contributed by atoms with van der Waals surface area (Å²) in [6.07, 6.45) is 0. The molecule has 0 aliphatic carbocycles. The number of tetrazole rings is 1. The van der Waals surface area contributed by atoms with E-state index in [9.17, 15) is 0 Å². The average Bonchev–Trinajstić information content (AvgIpc) is 3.14. The Morgan fingerprint density at radius 3 is 2.68 bits per heavy atom. The number of hydrogen-bond acceptors (Lipinski definition) is 5. The molecule has 4 aromatic rings. The van der Waals surface area contributed by atoms with E-state index in [4.69, 9.17) is 0 Å². The van der Waals surface area contributed by atoms with Crippen LogP contribution in [0, 0.1) is 0 Å². The van der Waals surface area contributed by atoms with Gasteiger partial charge < -0.3 is 0 Å². The number of para-hydroxylation sites is 1. The molecular weight excluding hydrogens is 362 g/mol. The molecule has 2 aromatic carbocycles. The molecule has 0 aliphatic rings. The number of halogens is 1. The van der Waals surface area contributed by atoms with E-state index >= 15 is 0 Å². The van der Waals surface area contributed by atoms with Crippen molar-refractivity contribution in [3.05, 3.63) is 58.0 Å². The van der Waals surface area contributed by atoms with Crippen molar-refractivity contribution in [3.63, 3.8) is 0 Å². The van der Waals surface area contributed by atoms with Crippen molar-refractivity contribution in [3.8, 4) is 11.4 Å². The topological polar surface area (TPSA) is 56.5 Å². The van der Waals surface area contributed by atoms with Crippen LogP contribution in [0.1, 0.15) is 5.01 Å². The van der Waals surface area contributed by atoms with Gasteiger partial charge in [0.2, 0.25) is 5.82 Å². The summed E-state index contributed by atoms with van der Waals surface area (Å²) in [7, 11) is 0. The van der Waals surface area contributed by atoms with Crippen molar-refractivity contribution in [2.45, 2.75) is 6.54 Å². The maximum atomic E-state index is 4.59. The summed E-state index contributed by atoms with van der Waals surface area (Å²) >= 11 is 5.07. The molecule has 0 spiro atoms. The van der Waals surface area contributed by atoms with E-state index in [1.165, 1.54) is 4.70 Å². The van der Waals surface area contributed by atoms with Gasteiger partial charge in [-0.25, -0.2) is 4.98 Å². The van der Waals surface area contributed by atoms with Gasteiger partial charge in [0.05, 0.1) is 10.2 Å². The molecule has 0 amide bonds. The Morgan fingerprint density at radius 1 is 1.05 bits per heavy atom. The summed E-state index contributed by atoms with van der Waals surface area (Å²) in [6.45, 7) is 0.531. The molecule has 2 heterocycles. The monoisotopic (exact) mass is 371 g/mol. The van der Waals surface area contributed by atoms with Gasteiger partial charge in [-0.2, -0.15) is 4.80 Å².